The highest BCUT2D eigenvalue weighted by Crippen LogP contribution is 2.18. The molecule has 23 heavy (non-hydrogen) atoms. The Bertz CT molecular complexity index is 701. The Morgan fingerprint density at radius 1 is 1.04 bits per heavy atom. The van der Waals surface area contributed by atoms with Crippen LogP contribution in [-0.4, -0.2) is 37.5 Å². The van der Waals surface area contributed by atoms with Crippen molar-refractivity contribution < 1.29 is 0 Å². The molecule has 0 spiro atoms. The number of rotatable bonds is 8. The van der Waals surface area contributed by atoms with Crippen LogP contribution in [0.5, 0.6) is 0 Å². The van der Waals surface area contributed by atoms with Gasteiger partial charge in [0.05, 0.1) is 11.4 Å². The normalized spacial score (nSPS) is 10.8. The van der Waals surface area contributed by atoms with Crippen LogP contribution in [-0.2, 0) is 6.54 Å². The van der Waals surface area contributed by atoms with Gasteiger partial charge in [0.15, 0.2) is 0 Å². The molecule has 0 amide bonds. The van der Waals surface area contributed by atoms with E-state index in [9.17, 15) is 0 Å². The molecule has 0 aliphatic carbocycles. The lowest BCUT2D eigenvalue weighted by molar-refractivity contribution is 0.666. The zero-order valence-corrected chi connectivity index (χ0v) is 13.5. The van der Waals surface area contributed by atoms with Gasteiger partial charge in [-0.1, -0.05) is 36.0 Å². The van der Waals surface area contributed by atoms with Gasteiger partial charge in [0.1, 0.15) is 0 Å². The van der Waals surface area contributed by atoms with E-state index in [2.05, 4.69) is 25.8 Å². The zero-order chi connectivity index (χ0) is 15.7. The van der Waals surface area contributed by atoms with Crippen molar-refractivity contribution in [2.45, 2.75) is 18.1 Å². The molecule has 0 unspecified atom stereocenters. The van der Waals surface area contributed by atoms with Crippen molar-refractivity contribution >= 4 is 11.8 Å². The fourth-order valence-electron chi connectivity index (χ4n) is 2.08. The highest BCUT2D eigenvalue weighted by atomic mass is 32.2. The molecule has 0 fully saturated rings. The predicted molar refractivity (Wildman–Crippen MR) is 90.4 cm³/mol. The standard InChI is InChI=1S/C16H18N6S/c1-2-8-15(9-3-1)22-16(19-20-21-22)23-12-6-10-17-13-14-7-4-5-11-18-14/h1-5,7-9,11,17H,6,10,12-13H2. The van der Waals surface area contributed by atoms with E-state index in [4.69, 9.17) is 0 Å². The molecule has 1 N–H and O–H groups in total. The van der Waals surface area contributed by atoms with Crippen LogP contribution in [0.4, 0.5) is 0 Å². The molecule has 0 saturated heterocycles. The van der Waals surface area contributed by atoms with Gasteiger partial charge < -0.3 is 5.32 Å². The van der Waals surface area contributed by atoms with Gasteiger partial charge in [-0.05, 0) is 47.7 Å². The number of hydrogen-bond acceptors (Lipinski definition) is 6. The molecule has 0 aliphatic rings. The summed E-state index contributed by atoms with van der Waals surface area (Å²) in [7, 11) is 0. The predicted octanol–water partition coefficient (Wildman–Crippen LogP) is 2.33. The smallest absolute Gasteiger partial charge is 0.214 e. The van der Waals surface area contributed by atoms with Gasteiger partial charge in [0, 0.05) is 18.5 Å². The Kier molecular flexibility index (Phi) is 5.71. The van der Waals surface area contributed by atoms with Crippen LogP contribution in [0.3, 0.4) is 0 Å². The molecule has 6 nitrogen and oxygen atoms in total. The minimum absolute atomic E-state index is 0.799. The van der Waals surface area contributed by atoms with Gasteiger partial charge in [0.25, 0.3) is 0 Å². The summed E-state index contributed by atoms with van der Waals surface area (Å²) in [6, 6.07) is 15.9. The number of aromatic nitrogens is 5. The topological polar surface area (TPSA) is 68.5 Å². The number of tetrazole rings is 1. The molecule has 3 rings (SSSR count). The first-order valence-corrected chi connectivity index (χ1v) is 8.49. The fourth-order valence-corrected chi connectivity index (χ4v) is 2.91. The van der Waals surface area contributed by atoms with Crippen molar-refractivity contribution in [2.75, 3.05) is 12.3 Å². The maximum atomic E-state index is 4.28. The van der Waals surface area contributed by atoms with E-state index < -0.39 is 0 Å². The Hall–Kier alpha value is -2.25. The second-order valence-electron chi connectivity index (χ2n) is 4.91. The first-order valence-electron chi connectivity index (χ1n) is 7.51. The highest BCUT2D eigenvalue weighted by Gasteiger charge is 2.07. The van der Waals surface area contributed by atoms with Gasteiger partial charge in [0.2, 0.25) is 5.16 Å². The van der Waals surface area contributed by atoms with E-state index in [1.165, 1.54) is 0 Å². The van der Waals surface area contributed by atoms with Crippen molar-refractivity contribution in [1.82, 2.24) is 30.5 Å². The van der Waals surface area contributed by atoms with E-state index in [-0.39, 0.29) is 0 Å². The Morgan fingerprint density at radius 3 is 2.74 bits per heavy atom. The molecule has 0 saturated carbocycles. The summed E-state index contributed by atoms with van der Waals surface area (Å²) in [4.78, 5) is 4.28. The van der Waals surface area contributed by atoms with Gasteiger partial charge >= 0.3 is 0 Å². The maximum absolute atomic E-state index is 4.28. The van der Waals surface area contributed by atoms with Crippen molar-refractivity contribution in [3.8, 4) is 5.69 Å². The molecule has 0 bridgehead atoms. The minimum Gasteiger partial charge on any atom is -0.311 e. The third-order valence-corrected chi connectivity index (χ3v) is 4.21. The molecule has 2 aromatic heterocycles. The van der Waals surface area contributed by atoms with Crippen molar-refractivity contribution in [3.05, 3.63) is 60.4 Å². The van der Waals surface area contributed by atoms with Gasteiger partial charge in [-0.2, -0.15) is 4.68 Å². The second-order valence-corrected chi connectivity index (χ2v) is 5.97. The lowest BCUT2D eigenvalue weighted by Gasteiger charge is -2.05. The van der Waals surface area contributed by atoms with Crippen LogP contribution >= 0.6 is 11.8 Å². The third kappa shape index (κ3) is 4.61. The molecule has 0 atom stereocenters. The summed E-state index contributed by atoms with van der Waals surface area (Å²) in [5, 5.41) is 16.1. The van der Waals surface area contributed by atoms with Crippen LogP contribution < -0.4 is 5.32 Å². The van der Waals surface area contributed by atoms with Gasteiger partial charge in [-0.25, -0.2) is 0 Å². The van der Waals surface area contributed by atoms with Crippen LogP contribution in [0.2, 0.25) is 0 Å². The van der Waals surface area contributed by atoms with Crippen molar-refractivity contribution in [3.63, 3.8) is 0 Å². The number of benzene rings is 1. The number of nitrogens with zero attached hydrogens (tertiary/aromatic N) is 5. The summed E-state index contributed by atoms with van der Waals surface area (Å²) >= 11 is 1.67. The summed E-state index contributed by atoms with van der Waals surface area (Å²) < 4.78 is 1.77. The Morgan fingerprint density at radius 2 is 1.91 bits per heavy atom. The summed E-state index contributed by atoms with van der Waals surface area (Å²) in [6.07, 6.45) is 2.86. The SMILES string of the molecule is c1ccc(-n2nnnc2SCCCNCc2ccccn2)cc1. The van der Waals surface area contributed by atoms with Crippen LogP contribution in [0.25, 0.3) is 5.69 Å². The molecule has 0 radical (unpaired) electrons. The van der Waals surface area contributed by atoms with Crippen LogP contribution in [0, 0.1) is 0 Å². The van der Waals surface area contributed by atoms with Gasteiger partial charge in [-0.3, -0.25) is 4.98 Å². The Labute approximate surface area is 139 Å². The first kappa shape index (κ1) is 15.6. The molecular weight excluding hydrogens is 308 g/mol. The lowest BCUT2D eigenvalue weighted by Crippen LogP contribution is -2.16. The molecule has 2 heterocycles. The van der Waals surface area contributed by atoms with E-state index in [0.717, 1.165) is 41.8 Å². The first-order chi connectivity index (χ1) is 11.4. The van der Waals surface area contributed by atoms with Crippen LogP contribution in [0.15, 0.2) is 59.9 Å². The third-order valence-electron chi connectivity index (χ3n) is 3.20. The monoisotopic (exact) mass is 326 g/mol. The van der Waals surface area contributed by atoms with Crippen molar-refractivity contribution in [2.24, 2.45) is 0 Å². The number of para-hydroxylation sites is 1. The Balaban J connectivity index is 1.41. The molecule has 118 valence electrons. The number of hydrogen-bond donors (Lipinski definition) is 1. The molecular formula is C16H18N6S. The minimum atomic E-state index is 0.799. The molecule has 0 aliphatic heterocycles. The maximum Gasteiger partial charge on any atom is 0.214 e. The van der Waals surface area contributed by atoms with E-state index in [1.807, 2.05) is 54.7 Å². The van der Waals surface area contributed by atoms with Crippen LogP contribution in [0.1, 0.15) is 12.1 Å². The van der Waals surface area contributed by atoms with E-state index in [1.54, 1.807) is 16.4 Å². The molecule has 7 heteroatoms. The summed E-state index contributed by atoms with van der Waals surface area (Å²) in [6.45, 7) is 1.74. The average Bonchev–Trinajstić information content (AvgIpc) is 3.08. The lowest BCUT2D eigenvalue weighted by atomic mass is 10.3. The number of nitrogens with one attached hydrogen (secondary N) is 1. The molecule has 3 aromatic rings. The van der Waals surface area contributed by atoms with Crippen molar-refractivity contribution in [1.29, 1.82) is 0 Å². The highest BCUT2D eigenvalue weighted by molar-refractivity contribution is 7.99. The zero-order valence-electron chi connectivity index (χ0n) is 12.7. The quantitative estimate of drug-likeness (QED) is 0.506. The summed E-state index contributed by atoms with van der Waals surface area (Å²) in [5.74, 6) is 0.961. The average molecular weight is 326 g/mol. The summed E-state index contributed by atoms with van der Waals surface area (Å²) in [5.41, 5.74) is 2.04. The van der Waals surface area contributed by atoms with E-state index in [0.29, 0.717) is 0 Å². The molecule has 1 aromatic carbocycles. The van der Waals surface area contributed by atoms with Gasteiger partial charge in [-0.15, -0.1) is 5.10 Å². The van der Waals surface area contributed by atoms with E-state index >= 15 is 0 Å². The fraction of sp³-hybridized carbons (Fsp3) is 0.250. The largest absolute Gasteiger partial charge is 0.311 e. The second kappa shape index (κ2) is 8.40. The number of pyridine rings is 1. The number of thioether (sulfide) groups is 1.